The Morgan fingerprint density at radius 3 is 0.812 bits per heavy atom. The van der Waals surface area contributed by atoms with Crippen LogP contribution in [0.2, 0.25) is 0 Å². The van der Waals surface area contributed by atoms with Crippen LogP contribution in [0.5, 0.6) is 0 Å². The molecule has 0 saturated carbocycles. The number of carbonyl (C=O) groups is 5. The van der Waals surface area contributed by atoms with Gasteiger partial charge in [-0.2, -0.15) is 0 Å². The molecule has 0 unspecified atom stereocenters. The van der Waals surface area contributed by atoms with Gasteiger partial charge in [-0.15, -0.1) is 0 Å². The maximum atomic E-state index is 11.0. The number of hydrogen-bond acceptors (Lipinski definition) is 9. The first-order chi connectivity index (χ1) is 14.5. The third-order valence-corrected chi connectivity index (χ3v) is 3.26. The number of carboxylic acids is 5. The van der Waals surface area contributed by atoms with Crippen molar-refractivity contribution in [1.29, 1.82) is 0 Å². The molecule has 0 aromatic heterocycles. The highest BCUT2D eigenvalue weighted by Crippen LogP contribution is 2.25. The zero-order valence-corrected chi connectivity index (χ0v) is 17.6. The summed E-state index contributed by atoms with van der Waals surface area (Å²) in [6.07, 6.45) is 0. The van der Waals surface area contributed by atoms with Crippen molar-refractivity contribution < 1.29 is 68.8 Å². The Balaban J connectivity index is 0. The number of nitrogens with zero attached hydrogens (tertiary/aromatic N) is 3. The molecule has 186 valence electrons. The van der Waals surface area contributed by atoms with Gasteiger partial charge in [-0.05, 0) is 0 Å². The Morgan fingerprint density at radius 2 is 0.625 bits per heavy atom. The van der Waals surface area contributed by atoms with Gasteiger partial charge in [0.15, 0.2) is 0 Å². The Labute approximate surface area is 180 Å². The molecule has 0 saturated heterocycles. The first kappa shape index (κ1) is 31.5. The van der Waals surface area contributed by atoms with E-state index in [9.17, 15) is 24.0 Å². The van der Waals surface area contributed by atoms with Crippen LogP contribution in [-0.4, -0.2) is 144 Å². The molecule has 18 heteroatoms. The fourth-order valence-corrected chi connectivity index (χ4v) is 2.22. The van der Waals surface area contributed by atoms with Crippen LogP contribution in [0, 0.1) is 0 Å². The van der Waals surface area contributed by atoms with Crippen molar-refractivity contribution in [3.8, 4) is 0 Å². The molecule has 0 aromatic rings. The second kappa shape index (κ2) is 16.0. The quantitative estimate of drug-likeness (QED) is 0.0967. The molecule has 0 aliphatic rings. The van der Waals surface area contributed by atoms with Gasteiger partial charge in [0.1, 0.15) is 0 Å². The summed E-state index contributed by atoms with van der Waals surface area (Å²) in [5, 5.41) is 44.1. The second-order valence-electron chi connectivity index (χ2n) is 6.18. The molecule has 0 aliphatic heterocycles. The topological polar surface area (TPSA) is 274 Å². The summed E-state index contributed by atoms with van der Waals surface area (Å²) >= 11 is 0. The second-order valence-corrected chi connectivity index (χ2v) is 7.21. The summed E-state index contributed by atoms with van der Waals surface area (Å²) in [6.45, 7) is -2.74. The van der Waals surface area contributed by atoms with Crippen LogP contribution < -0.4 is 0 Å². The highest BCUT2D eigenvalue weighted by Gasteiger charge is 2.19. The average molecular weight is 491 g/mol. The maximum absolute atomic E-state index is 11.0. The van der Waals surface area contributed by atoms with Gasteiger partial charge in [0.05, 0.1) is 32.7 Å². The van der Waals surface area contributed by atoms with Crippen molar-refractivity contribution in [3.05, 3.63) is 0 Å². The van der Waals surface area contributed by atoms with Crippen molar-refractivity contribution in [1.82, 2.24) is 14.7 Å². The Hall–Kier alpha value is -2.66. The number of hydrogen-bond donors (Lipinski definition) is 8. The first-order valence-corrected chi connectivity index (χ1v) is 10.1. The summed E-state index contributed by atoms with van der Waals surface area (Å²) < 4.78 is 8.88. The van der Waals surface area contributed by atoms with Gasteiger partial charge in [0, 0.05) is 26.2 Å². The summed E-state index contributed by atoms with van der Waals surface area (Å²) in [4.78, 5) is 79.2. The van der Waals surface area contributed by atoms with Crippen LogP contribution in [-0.2, 0) is 28.5 Å². The molecule has 0 spiro atoms. The van der Waals surface area contributed by atoms with Crippen molar-refractivity contribution in [2.75, 3.05) is 58.9 Å². The molecular weight excluding hydrogens is 465 g/mol. The summed E-state index contributed by atoms with van der Waals surface area (Å²) in [5.74, 6) is -6.16. The van der Waals surface area contributed by atoms with Crippen LogP contribution in [0.15, 0.2) is 0 Å². The number of phosphoric acid groups is 1. The van der Waals surface area contributed by atoms with E-state index in [0.717, 1.165) is 9.80 Å². The van der Waals surface area contributed by atoms with E-state index in [-0.39, 0.29) is 26.2 Å². The number of aliphatic carboxylic acids is 5. The lowest BCUT2D eigenvalue weighted by molar-refractivity contribution is -0.143. The molecule has 0 fully saturated rings. The molecule has 8 N–H and O–H groups in total. The number of rotatable bonds is 16. The smallest absolute Gasteiger partial charge is 0.466 e. The van der Waals surface area contributed by atoms with Crippen molar-refractivity contribution >= 4 is 37.7 Å². The SMILES string of the molecule is O=C(O)CN(CCN(CC(=O)O)CC(=O)O)CCN(CC(=O)O)CC(=O)O.O=P(O)(O)O. The molecule has 0 atom stereocenters. The molecule has 0 rings (SSSR count). The molecule has 0 radical (unpaired) electrons. The minimum Gasteiger partial charge on any atom is -0.480 e. The zero-order valence-electron chi connectivity index (χ0n) is 16.7. The minimum atomic E-state index is -4.64. The lowest BCUT2D eigenvalue weighted by Crippen LogP contribution is -2.45. The van der Waals surface area contributed by atoms with Gasteiger partial charge >= 0.3 is 37.7 Å². The van der Waals surface area contributed by atoms with E-state index in [0.29, 0.717) is 0 Å². The number of carboxylic acid groups (broad SMARTS) is 5. The first-order valence-electron chi connectivity index (χ1n) is 8.54. The van der Waals surface area contributed by atoms with Gasteiger partial charge in [0.25, 0.3) is 0 Å². The van der Waals surface area contributed by atoms with Crippen LogP contribution in [0.3, 0.4) is 0 Å². The van der Waals surface area contributed by atoms with E-state index in [2.05, 4.69) is 0 Å². The molecule has 0 aliphatic carbocycles. The van der Waals surface area contributed by atoms with E-state index in [1.165, 1.54) is 4.90 Å². The Bertz CT molecular complexity index is 616. The van der Waals surface area contributed by atoms with Gasteiger partial charge in [0.2, 0.25) is 0 Å². The van der Waals surface area contributed by atoms with E-state index in [4.69, 9.17) is 44.8 Å². The molecule has 32 heavy (non-hydrogen) atoms. The fourth-order valence-electron chi connectivity index (χ4n) is 2.22. The van der Waals surface area contributed by atoms with Crippen LogP contribution in [0.1, 0.15) is 0 Å². The van der Waals surface area contributed by atoms with Crippen molar-refractivity contribution in [2.24, 2.45) is 0 Å². The molecule has 0 heterocycles. The van der Waals surface area contributed by atoms with Crippen LogP contribution in [0.4, 0.5) is 0 Å². The predicted molar refractivity (Wildman–Crippen MR) is 102 cm³/mol. The molecule has 17 nitrogen and oxygen atoms in total. The third-order valence-electron chi connectivity index (χ3n) is 3.26. The molecule has 0 bridgehead atoms. The van der Waals surface area contributed by atoms with E-state index in [1.54, 1.807) is 0 Å². The third kappa shape index (κ3) is 25.4. The average Bonchev–Trinajstić information content (AvgIpc) is 2.52. The maximum Gasteiger partial charge on any atom is 0.466 e. The van der Waals surface area contributed by atoms with Crippen molar-refractivity contribution in [3.63, 3.8) is 0 Å². The summed E-state index contributed by atoms with van der Waals surface area (Å²) in [5.41, 5.74) is 0. The molecule has 0 amide bonds. The van der Waals surface area contributed by atoms with Crippen LogP contribution in [0.25, 0.3) is 0 Å². The van der Waals surface area contributed by atoms with Gasteiger partial charge in [-0.1, -0.05) is 0 Å². The van der Waals surface area contributed by atoms with Crippen molar-refractivity contribution in [2.45, 2.75) is 0 Å². The molecule has 0 aromatic carbocycles. The van der Waals surface area contributed by atoms with Gasteiger partial charge in [-0.3, -0.25) is 38.7 Å². The van der Waals surface area contributed by atoms with Gasteiger partial charge < -0.3 is 40.2 Å². The van der Waals surface area contributed by atoms with Gasteiger partial charge in [-0.25, -0.2) is 4.57 Å². The summed E-state index contributed by atoms with van der Waals surface area (Å²) in [6, 6.07) is 0. The van der Waals surface area contributed by atoms with E-state index in [1.807, 2.05) is 0 Å². The predicted octanol–water partition coefficient (Wildman–Crippen LogP) is -3.61. The lowest BCUT2D eigenvalue weighted by Gasteiger charge is -2.27. The van der Waals surface area contributed by atoms with E-state index >= 15 is 0 Å². The fraction of sp³-hybridized carbons (Fsp3) is 0.643. The summed E-state index contributed by atoms with van der Waals surface area (Å²) in [7, 11) is -4.64. The zero-order chi connectivity index (χ0) is 25.5. The molecular formula is C14H26N3O14P. The Kier molecular flexibility index (Phi) is 15.8. The standard InChI is InChI=1S/C14H23N3O10.H3O4P/c18-10(19)5-15(1-3-16(6-11(20)21)7-12(22)23)2-4-17(8-13(24)25)9-14(26)27;1-5(2,3)4/h1-9H2,(H,18,19)(H,20,21)(H,22,23)(H,24,25)(H,26,27);(H3,1,2,3,4). The minimum absolute atomic E-state index is 0.000836. The Morgan fingerprint density at radius 1 is 0.469 bits per heavy atom. The van der Waals surface area contributed by atoms with E-state index < -0.39 is 70.4 Å². The monoisotopic (exact) mass is 491 g/mol. The lowest BCUT2D eigenvalue weighted by atomic mass is 10.3. The highest BCUT2D eigenvalue weighted by atomic mass is 31.2. The highest BCUT2D eigenvalue weighted by molar-refractivity contribution is 7.45. The van der Waals surface area contributed by atoms with Crippen LogP contribution >= 0.6 is 7.82 Å². The normalized spacial score (nSPS) is 11.2. The largest absolute Gasteiger partial charge is 0.480 e.